The highest BCUT2D eigenvalue weighted by Gasteiger charge is 2.52. The van der Waals surface area contributed by atoms with Crippen LogP contribution >= 0.6 is 0 Å². The van der Waals surface area contributed by atoms with Gasteiger partial charge in [0.2, 0.25) is 5.91 Å². The molecule has 0 unspecified atom stereocenters. The van der Waals surface area contributed by atoms with Crippen LogP contribution in [0.2, 0.25) is 0 Å². The summed E-state index contributed by atoms with van der Waals surface area (Å²) in [6, 6.07) is 0. The van der Waals surface area contributed by atoms with Gasteiger partial charge in [-0.05, 0) is 25.2 Å². The predicted molar refractivity (Wildman–Crippen MR) is 53.8 cm³/mol. The summed E-state index contributed by atoms with van der Waals surface area (Å²) in [4.78, 5) is 13.3. The largest absolute Gasteiger partial charge is 0.386 e. The van der Waals surface area contributed by atoms with E-state index >= 15 is 0 Å². The number of aliphatic hydroxyl groups is 1. The first kappa shape index (κ1) is 9.97. The molecule has 0 aromatic carbocycles. The molecular formula is C11H19NO2. The molecule has 2 aliphatic rings. The lowest BCUT2D eigenvalue weighted by molar-refractivity contribution is -0.159. The Morgan fingerprint density at radius 2 is 2.14 bits per heavy atom. The first-order valence-electron chi connectivity index (χ1n) is 5.66. The second-order valence-corrected chi connectivity index (χ2v) is 4.73. The molecule has 1 saturated heterocycles. The van der Waals surface area contributed by atoms with E-state index in [0.717, 1.165) is 25.7 Å². The summed E-state index contributed by atoms with van der Waals surface area (Å²) in [5.74, 6) is 0.704. The molecule has 0 bridgehead atoms. The molecule has 0 aromatic heterocycles. The van der Waals surface area contributed by atoms with Crippen molar-refractivity contribution in [2.45, 2.75) is 44.6 Å². The van der Waals surface area contributed by atoms with E-state index in [-0.39, 0.29) is 5.91 Å². The van der Waals surface area contributed by atoms with E-state index in [1.807, 2.05) is 0 Å². The van der Waals surface area contributed by atoms with E-state index in [0.29, 0.717) is 25.4 Å². The SMILES string of the molecule is CCCCC(=O)N1CC(O)(C2CC2)C1. The molecule has 1 saturated carbocycles. The summed E-state index contributed by atoms with van der Waals surface area (Å²) in [7, 11) is 0. The van der Waals surface area contributed by atoms with E-state index in [1.54, 1.807) is 4.90 Å². The smallest absolute Gasteiger partial charge is 0.222 e. The highest BCUT2D eigenvalue weighted by atomic mass is 16.3. The summed E-state index contributed by atoms with van der Waals surface area (Å²) >= 11 is 0. The maximum absolute atomic E-state index is 11.5. The first-order valence-corrected chi connectivity index (χ1v) is 5.66. The van der Waals surface area contributed by atoms with Gasteiger partial charge in [-0.25, -0.2) is 0 Å². The van der Waals surface area contributed by atoms with Gasteiger partial charge in [0, 0.05) is 6.42 Å². The molecule has 1 heterocycles. The summed E-state index contributed by atoms with van der Waals surface area (Å²) in [6.07, 6.45) is 4.97. The fourth-order valence-electron chi connectivity index (χ4n) is 2.16. The molecule has 1 N–H and O–H groups in total. The molecule has 80 valence electrons. The Labute approximate surface area is 85.1 Å². The first-order chi connectivity index (χ1) is 6.65. The highest BCUT2D eigenvalue weighted by Crippen LogP contribution is 2.44. The number of carbonyl (C=O) groups excluding carboxylic acids is 1. The highest BCUT2D eigenvalue weighted by molar-refractivity contribution is 5.77. The van der Waals surface area contributed by atoms with Gasteiger partial charge in [-0.3, -0.25) is 4.79 Å². The van der Waals surface area contributed by atoms with E-state index in [9.17, 15) is 9.90 Å². The Morgan fingerprint density at radius 3 is 2.64 bits per heavy atom. The van der Waals surface area contributed by atoms with Gasteiger partial charge in [0.15, 0.2) is 0 Å². The fraction of sp³-hybridized carbons (Fsp3) is 0.909. The Morgan fingerprint density at radius 1 is 1.50 bits per heavy atom. The second-order valence-electron chi connectivity index (χ2n) is 4.73. The van der Waals surface area contributed by atoms with Crippen molar-refractivity contribution in [2.75, 3.05) is 13.1 Å². The summed E-state index contributed by atoms with van der Waals surface area (Å²) < 4.78 is 0. The Hall–Kier alpha value is -0.570. The Kier molecular flexibility index (Phi) is 2.52. The van der Waals surface area contributed by atoms with Crippen molar-refractivity contribution in [3.8, 4) is 0 Å². The fourth-order valence-corrected chi connectivity index (χ4v) is 2.16. The molecule has 1 aliphatic carbocycles. The zero-order valence-corrected chi connectivity index (χ0v) is 8.83. The lowest BCUT2D eigenvalue weighted by Gasteiger charge is -2.47. The van der Waals surface area contributed by atoms with Gasteiger partial charge in [0.05, 0.1) is 13.1 Å². The Balaban J connectivity index is 1.73. The number of unbranched alkanes of at least 4 members (excludes halogenated alkanes) is 1. The molecule has 0 spiro atoms. The predicted octanol–water partition coefficient (Wildman–Crippen LogP) is 1.16. The minimum absolute atomic E-state index is 0.220. The van der Waals surface area contributed by atoms with E-state index < -0.39 is 5.60 Å². The zero-order chi connectivity index (χ0) is 10.2. The lowest BCUT2D eigenvalue weighted by Crippen LogP contribution is -2.64. The third-order valence-electron chi connectivity index (χ3n) is 3.36. The van der Waals surface area contributed by atoms with Crippen LogP contribution in [0.15, 0.2) is 0 Å². The number of likely N-dealkylation sites (tertiary alicyclic amines) is 1. The van der Waals surface area contributed by atoms with Crippen LogP contribution in [0.1, 0.15) is 39.0 Å². The molecule has 0 aromatic rings. The average Bonchev–Trinajstić information content (AvgIpc) is 2.92. The molecule has 2 rings (SSSR count). The van der Waals surface area contributed by atoms with E-state index in [2.05, 4.69) is 6.92 Å². The number of hydrogen-bond acceptors (Lipinski definition) is 2. The minimum Gasteiger partial charge on any atom is -0.386 e. The van der Waals surface area contributed by atoms with Gasteiger partial charge in [-0.2, -0.15) is 0 Å². The zero-order valence-electron chi connectivity index (χ0n) is 8.83. The minimum atomic E-state index is -0.512. The molecule has 1 amide bonds. The third-order valence-corrected chi connectivity index (χ3v) is 3.36. The Bertz CT molecular complexity index is 229. The monoisotopic (exact) mass is 197 g/mol. The molecule has 0 atom stereocenters. The van der Waals surface area contributed by atoms with Crippen LogP contribution in [0, 0.1) is 5.92 Å². The van der Waals surface area contributed by atoms with Crippen LogP contribution in [0.3, 0.4) is 0 Å². The van der Waals surface area contributed by atoms with Crippen LogP contribution in [0.4, 0.5) is 0 Å². The topological polar surface area (TPSA) is 40.5 Å². The number of β-amino-alcohol motifs (C(OH)–C–C–N with tert-alkyl or cyclic N) is 1. The molecule has 0 radical (unpaired) electrons. The molecule has 3 nitrogen and oxygen atoms in total. The van der Waals surface area contributed by atoms with Crippen LogP contribution < -0.4 is 0 Å². The van der Waals surface area contributed by atoms with E-state index in [4.69, 9.17) is 0 Å². The summed E-state index contributed by atoms with van der Waals surface area (Å²) in [6.45, 7) is 3.25. The lowest BCUT2D eigenvalue weighted by atomic mass is 9.88. The number of nitrogens with zero attached hydrogens (tertiary/aromatic N) is 1. The van der Waals surface area contributed by atoms with Crippen molar-refractivity contribution in [3.63, 3.8) is 0 Å². The van der Waals surface area contributed by atoms with Gasteiger partial charge in [0.25, 0.3) is 0 Å². The van der Waals surface area contributed by atoms with E-state index in [1.165, 1.54) is 0 Å². The normalized spacial score (nSPS) is 24.6. The van der Waals surface area contributed by atoms with Crippen molar-refractivity contribution in [2.24, 2.45) is 5.92 Å². The van der Waals surface area contributed by atoms with Crippen LogP contribution in [0.25, 0.3) is 0 Å². The molecule has 3 heteroatoms. The van der Waals surface area contributed by atoms with Crippen molar-refractivity contribution in [3.05, 3.63) is 0 Å². The molecular weight excluding hydrogens is 178 g/mol. The van der Waals surface area contributed by atoms with Gasteiger partial charge in [0.1, 0.15) is 5.60 Å². The quantitative estimate of drug-likeness (QED) is 0.734. The maximum Gasteiger partial charge on any atom is 0.222 e. The van der Waals surface area contributed by atoms with Gasteiger partial charge < -0.3 is 10.0 Å². The standard InChI is InChI=1S/C11H19NO2/c1-2-3-4-10(13)12-7-11(14,8-12)9-5-6-9/h9,14H,2-8H2,1H3. The summed E-state index contributed by atoms with van der Waals surface area (Å²) in [5, 5.41) is 10.0. The molecule has 14 heavy (non-hydrogen) atoms. The van der Waals surface area contributed by atoms with Crippen molar-refractivity contribution in [1.82, 2.24) is 4.90 Å². The summed E-state index contributed by atoms with van der Waals surface area (Å²) in [5.41, 5.74) is -0.512. The van der Waals surface area contributed by atoms with Crippen LogP contribution in [0.5, 0.6) is 0 Å². The van der Waals surface area contributed by atoms with Gasteiger partial charge in [-0.1, -0.05) is 13.3 Å². The number of carbonyl (C=O) groups is 1. The maximum atomic E-state index is 11.5. The van der Waals surface area contributed by atoms with Gasteiger partial charge >= 0.3 is 0 Å². The average molecular weight is 197 g/mol. The van der Waals surface area contributed by atoms with Crippen LogP contribution in [-0.2, 0) is 4.79 Å². The number of amides is 1. The van der Waals surface area contributed by atoms with Crippen molar-refractivity contribution in [1.29, 1.82) is 0 Å². The molecule has 1 aliphatic heterocycles. The molecule has 2 fully saturated rings. The third kappa shape index (κ3) is 1.78. The van der Waals surface area contributed by atoms with Crippen molar-refractivity contribution < 1.29 is 9.90 Å². The van der Waals surface area contributed by atoms with Crippen LogP contribution in [-0.4, -0.2) is 34.6 Å². The second kappa shape index (κ2) is 3.54. The van der Waals surface area contributed by atoms with Gasteiger partial charge in [-0.15, -0.1) is 0 Å². The number of hydrogen-bond donors (Lipinski definition) is 1. The number of rotatable bonds is 4. The van der Waals surface area contributed by atoms with Crippen molar-refractivity contribution >= 4 is 5.91 Å².